The molecule has 1 aliphatic carbocycles. The van der Waals surface area contributed by atoms with Crippen molar-refractivity contribution in [3.8, 4) is 0 Å². The highest BCUT2D eigenvalue weighted by Gasteiger charge is 2.25. The first-order valence-electron chi connectivity index (χ1n) is 5.31. The Bertz CT molecular complexity index is 529. The van der Waals surface area contributed by atoms with Gasteiger partial charge in [-0.15, -0.1) is 0 Å². The lowest BCUT2D eigenvalue weighted by Gasteiger charge is -2.06. The van der Waals surface area contributed by atoms with Crippen molar-refractivity contribution in [3.05, 3.63) is 40.5 Å². The summed E-state index contributed by atoms with van der Waals surface area (Å²) in [5.74, 6) is 0.659. The summed E-state index contributed by atoms with van der Waals surface area (Å²) < 4.78 is 0. The Morgan fingerprint density at radius 1 is 1.33 bits per heavy atom. The van der Waals surface area contributed by atoms with E-state index in [0.29, 0.717) is 5.92 Å². The van der Waals surface area contributed by atoms with Crippen molar-refractivity contribution in [2.75, 3.05) is 0 Å². The number of nitrogens with zero attached hydrogens (tertiary/aromatic N) is 1. The Morgan fingerprint density at radius 2 is 2.13 bits per heavy atom. The third-order valence-corrected chi connectivity index (χ3v) is 3.32. The first-order chi connectivity index (χ1) is 7.25. The first kappa shape index (κ1) is 9.17. The van der Waals surface area contributed by atoms with Gasteiger partial charge in [0.1, 0.15) is 0 Å². The van der Waals surface area contributed by atoms with E-state index < -0.39 is 0 Å². The average Bonchev–Trinajstić information content (AvgIpc) is 3.02. The van der Waals surface area contributed by atoms with Crippen LogP contribution < -0.4 is 0 Å². The van der Waals surface area contributed by atoms with Crippen LogP contribution in [0.25, 0.3) is 10.9 Å². The lowest BCUT2D eigenvalue weighted by molar-refractivity contribution is 1.04. The van der Waals surface area contributed by atoms with Crippen LogP contribution in [0.3, 0.4) is 0 Å². The van der Waals surface area contributed by atoms with E-state index in [1.165, 1.54) is 24.1 Å². The topological polar surface area (TPSA) is 12.9 Å². The standard InChI is InChI=1S/C13H12ClN/c1-8-3-2-4-10-11(14)7-12(9-5-6-9)15-13(8)10/h2-4,7,9H,5-6H2,1H3. The number of hydrogen-bond acceptors (Lipinski definition) is 1. The minimum atomic E-state index is 0.659. The molecule has 0 bridgehead atoms. The molecule has 1 saturated carbocycles. The number of benzene rings is 1. The van der Waals surface area contributed by atoms with E-state index >= 15 is 0 Å². The molecule has 0 aliphatic heterocycles. The maximum Gasteiger partial charge on any atom is 0.0749 e. The summed E-state index contributed by atoms with van der Waals surface area (Å²) in [7, 11) is 0. The van der Waals surface area contributed by atoms with Crippen molar-refractivity contribution in [3.63, 3.8) is 0 Å². The summed E-state index contributed by atoms with van der Waals surface area (Å²) in [6, 6.07) is 8.18. The Hall–Kier alpha value is -1.08. The molecule has 1 aliphatic rings. The minimum absolute atomic E-state index is 0.659. The zero-order valence-corrected chi connectivity index (χ0v) is 9.38. The van der Waals surface area contributed by atoms with Gasteiger partial charge in [0.25, 0.3) is 0 Å². The number of halogens is 1. The molecule has 0 N–H and O–H groups in total. The van der Waals surface area contributed by atoms with Gasteiger partial charge in [-0.25, -0.2) is 0 Å². The fourth-order valence-corrected chi connectivity index (χ4v) is 2.22. The van der Waals surface area contributed by atoms with Crippen LogP contribution in [0.15, 0.2) is 24.3 Å². The third-order valence-electron chi connectivity index (χ3n) is 3.01. The summed E-state index contributed by atoms with van der Waals surface area (Å²) >= 11 is 6.27. The number of rotatable bonds is 1. The quantitative estimate of drug-likeness (QED) is 0.702. The van der Waals surface area contributed by atoms with Gasteiger partial charge in [0.05, 0.1) is 10.5 Å². The van der Waals surface area contributed by atoms with Gasteiger partial charge < -0.3 is 0 Å². The molecule has 1 fully saturated rings. The van der Waals surface area contributed by atoms with E-state index in [4.69, 9.17) is 16.6 Å². The molecule has 15 heavy (non-hydrogen) atoms. The third kappa shape index (κ3) is 1.51. The molecule has 0 spiro atoms. The van der Waals surface area contributed by atoms with Gasteiger partial charge in [0, 0.05) is 17.0 Å². The van der Waals surface area contributed by atoms with Crippen LogP contribution in [0.4, 0.5) is 0 Å². The predicted octanol–water partition coefficient (Wildman–Crippen LogP) is 4.07. The molecule has 1 heterocycles. The SMILES string of the molecule is Cc1cccc2c(Cl)cc(C3CC3)nc12. The molecular weight excluding hydrogens is 206 g/mol. The number of aromatic nitrogens is 1. The van der Waals surface area contributed by atoms with E-state index in [9.17, 15) is 0 Å². The zero-order valence-electron chi connectivity index (χ0n) is 8.63. The van der Waals surface area contributed by atoms with Crippen LogP contribution in [-0.2, 0) is 0 Å². The smallest absolute Gasteiger partial charge is 0.0749 e. The van der Waals surface area contributed by atoms with Gasteiger partial charge in [-0.2, -0.15) is 0 Å². The first-order valence-corrected chi connectivity index (χ1v) is 5.69. The van der Waals surface area contributed by atoms with Crippen LogP contribution in [-0.4, -0.2) is 4.98 Å². The van der Waals surface area contributed by atoms with Crippen LogP contribution in [0, 0.1) is 6.92 Å². The number of pyridine rings is 1. The largest absolute Gasteiger partial charge is 0.252 e. The summed E-state index contributed by atoms with van der Waals surface area (Å²) in [6.07, 6.45) is 2.53. The van der Waals surface area contributed by atoms with Crippen LogP contribution >= 0.6 is 11.6 Å². The van der Waals surface area contributed by atoms with Crippen molar-refractivity contribution in [1.82, 2.24) is 4.98 Å². The zero-order chi connectivity index (χ0) is 10.4. The minimum Gasteiger partial charge on any atom is -0.252 e. The Morgan fingerprint density at radius 3 is 2.87 bits per heavy atom. The molecule has 3 rings (SSSR count). The second kappa shape index (κ2) is 3.21. The molecule has 1 nitrogen and oxygen atoms in total. The maximum absolute atomic E-state index is 6.27. The molecular formula is C13H12ClN. The second-order valence-corrected chi connectivity index (χ2v) is 4.68. The highest BCUT2D eigenvalue weighted by molar-refractivity contribution is 6.35. The molecule has 1 aromatic carbocycles. The highest BCUT2D eigenvalue weighted by atomic mass is 35.5. The van der Waals surface area contributed by atoms with Gasteiger partial charge in [-0.3, -0.25) is 4.98 Å². The van der Waals surface area contributed by atoms with Gasteiger partial charge in [0.2, 0.25) is 0 Å². The summed E-state index contributed by atoms with van der Waals surface area (Å²) in [4.78, 5) is 4.71. The predicted molar refractivity (Wildman–Crippen MR) is 63.5 cm³/mol. The molecule has 0 saturated heterocycles. The van der Waals surface area contributed by atoms with Crippen molar-refractivity contribution in [1.29, 1.82) is 0 Å². The number of fused-ring (bicyclic) bond motifs is 1. The van der Waals surface area contributed by atoms with Gasteiger partial charge >= 0.3 is 0 Å². The van der Waals surface area contributed by atoms with Crippen molar-refractivity contribution in [2.45, 2.75) is 25.7 Å². The second-order valence-electron chi connectivity index (χ2n) is 4.27. The lowest BCUT2D eigenvalue weighted by atomic mass is 10.1. The Kier molecular flexibility index (Phi) is 1.96. The average molecular weight is 218 g/mol. The van der Waals surface area contributed by atoms with Gasteiger partial charge in [0.15, 0.2) is 0 Å². The van der Waals surface area contributed by atoms with Crippen LogP contribution in [0.5, 0.6) is 0 Å². The molecule has 0 unspecified atom stereocenters. The molecule has 1 aromatic heterocycles. The maximum atomic E-state index is 6.27. The van der Waals surface area contributed by atoms with Gasteiger partial charge in [-0.05, 0) is 31.4 Å². The normalized spacial score (nSPS) is 15.9. The van der Waals surface area contributed by atoms with Crippen LogP contribution in [0.2, 0.25) is 5.02 Å². The summed E-state index contributed by atoms with van der Waals surface area (Å²) in [6.45, 7) is 2.09. The van der Waals surface area contributed by atoms with E-state index in [1.54, 1.807) is 0 Å². The van der Waals surface area contributed by atoms with Crippen molar-refractivity contribution < 1.29 is 0 Å². The van der Waals surface area contributed by atoms with Crippen molar-refractivity contribution in [2.24, 2.45) is 0 Å². The van der Waals surface area contributed by atoms with E-state index in [1.807, 2.05) is 18.2 Å². The summed E-state index contributed by atoms with van der Waals surface area (Å²) in [5.41, 5.74) is 3.44. The molecule has 0 amide bonds. The highest BCUT2D eigenvalue weighted by Crippen LogP contribution is 2.41. The van der Waals surface area contributed by atoms with E-state index in [2.05, 4.69) is 13.0 Å². The lowest BCUT2D eigenvalue weighted by Crippen LogP contribution is -1.90. The fraction of sp³-hybridized carbons (Fsp3) is 0.308. The monoisotopic (exact) mass is 217 g/mol. The Balaban J connectivity index is 2.32. The van der Waals surface area contributed by atoms with E-state index in [-0.39, 0.29) is 0 Å². The Labute approximate surface area is 94.1 Å². The van der Waals surface area contributed by atoms with Gasteiger partial charge in [-0.1, -0.05) is 29.8 Å². The number of para-hydroxylation sites is 1. The van der Waals surface area contributed by atoms with Crippen molar-refractivity contribution >= 4 is 22.5 Å². The number of aryl methyl sites for hydroxylation is 1. The molecule has 0 atom stereocenters. The molecule has 76 valence electrons. The number of hydrogen-bond donors (Lipinski definition) is 0. The van der Waals surface area contributed by atoms with E-state index in [0.717, 1.165) is 15.9 Å². The van der Waals surface area contributed by atoms with Crippen LogP contribution in [0.1, 0.15) is 30.0 Å². The fourth-order valence-electron chi connectivity index (χ4n) is 1.96. The molecule has 2 heteroatoms. The summed E-state index contributed by atoms with van der Waals surface area (Å²) in [5, 5.41) is 1.91. The molecule has 0 radical (unpaired) electrons. The molecule has 2 aromatic rings.